The zero-order valence-corrected chi connectivity index (χ0v) is 8.79. The van der Waals surface area contributed by atoms with E-state index in [1.165, 1.54) is 0 Å². The maximum Gasteiger partial charge on any atom is 0.236 e. The minimum Gasteiger partial charge on any atom is -0.480 e. The number of rotatable bonds is 4. The molecule has 0 amide bonds. The molecule has 0 radical (unpaired) electrons. The minimum atomic E-state index is 0.458. The number of nitrogens with zero attached hydrogens (tertiary/aromatic N) is 1. The van der Waals surface area contributed by atoms with Crippen LogP contribution in [0.15, 0.2) is 18.3 Å². The number of halogens is 1. The molecule has 0 spiro atoms. The van der Waals surface area contributed by atoms with Crippen LogP contribution in [0, 0.1) is 0 Å². The van der Waals surface area contributed by atoms with E-state index in [0.29, 0.717) is 17.4 Å². The summed E-state index contributed by atoms with van der Waals surface area (Å²) in [5, 5.41) is 0. The molecule has 1 aromatic rings. The van der Waals surface area contributed by atoms with Gasteiger partial charge in [0.15, 0.2) is 0 Å². The van der Waals surface area contributed by atoms with Crippen LogP contribution in [0.4, 0.5) is 5.69 Å². The molecular weight excluding hydrogens is 200 g/mol. The lowest BCUT2D eigenvalue weighted by Gasteiger charge is -2.02. The van der Waals surface area contributed by atoms with Crippen molar-refractivity contribution in [3.05, 3.63) is 23.9 Å². The van der Waals surface area contributed by atoms with Crippen LogP contribution in [0.1, 0.15) is 12.0 Å². The summed E-state index contributed by atoms with van der Waals surface area (Å²) in [6, 6.07) is 1.82. The van der Waals surface area contributed by atoms with E-state index in [0.717, 1.165) is 12.0 Å². The Balaban J connectivity index is 2.76. The first-order chi connectivity index (χ1) is 6.77. The second-order valence-electron chi connectivity index (χ2n) is 2.75. The van der Waals surface area contributed by atoms with Gasteiger partial charge in [-0.3, -0.25) is 0 Å². The number of ether oxygens (including phenoxy) is 1. The Morgan fingerprint density at radius 1 is 1.64 bits per heavy atom. The second-order valence-corrected chi connectivity index (χ2v) is 3.13. The summed E-state index contributed by atoms with van der Waals surface area (Å²) >= 11 is 5.54. The van der Waals surface area contributed by atoms with E-state index in [1.54, 1.807) is 13.3 Å². The molecule has 0 aliphatic carbocycles. The minimum absolute atomic E-state index is 0.458. The molecule has 0 bridgehead atoms. The van der Waals surface area contributed by atoms with Crippen molar-refractivity contribution in [1.29, 1.82) is 0 Å². The first kappa shape index (κ1) is 10.9. The van der Waals surface area contributed by atoms with Gasteiger partial charge in [0.2, 0.25) is 5.88 Å². The Morgan fingerprint density at radius 3 is 3.00 bits per heavy atom. The lowest BCUT2D eigenvalue weighted by molar-refractivity contribution is 0.400. The predicted molar refractivity (Wildman–Crippen MR) is 59.6 cm³/mol. The molecule has 0 aromatic carbocycles. The number of nitrogens with two attached hydrogens (primary N) is 1. The first-order valence-corrected chi connectivity index (χ1v) is 4.83. The smallest absolute Gasteiger partial charge is 0.236 e. The summed E-state index contributed by atoms with van der Waals surface area (Å²) in [6.07, 6.45) is 6.47. The van der Waals surface area contributed by atoms with Gasteiger partial charge in [-0.2, -0.15) is 0 Å². The van der Waals surface area contributed by atoms with E-state index in [4.69, 9.17) is 22.1 Å². The number of anilines is 1. The van der Waals surface area contributed by atoms with Gasteiger partial charge in [0, 0.05) is 12.1 Å². The quantitative estimate of drug-likeness (QED) is 0.780. The van der Waals surface area contributed by atoms with Gasteiger partial charge in [0.25, 0.3) is 0 Å². The molecule has 1 aromatic heterocycles. The average Bonchev–Trinajstić information content (AvgIpc) is 2.18. The van der Waals surface area contributed by atoms with Crippen LogP contribution in [0.3, 0.4) is 0 Å². The van der Waals surface area contributed by atoms with Crippen molar-refractivity contribution >= 4 is 23.4 Å². The van der Waals surface area contributed by atoms with Gasteiger partial charge in [-0.15, -0.1) is 11.6 Å². The van der Waals surface area contributed by atoms with Crippen molar-refractivity contribution in [2.75, 3.05) is 18.7 Å². The van der Waals surface area contributed by atoms with Gasteiger partial charge in [-0.1, -0.05) is 12.2 Å². The number of hydrogen-bond acceptors (Lipinski definition) is 3. The van der Waals surface area contributed by atoms with E-state index >= 15 is 0 Å². The lowest BCUT2D eigenvalue weighted by Crippen LogP contribution is -1.95. The average molecular weight is 213 g/mol. The molecule has 0 aliphatic rings. The summed E-state index contributed by atoms with van der Waals surface area (Å²) in [7, 11) is 1.54. The highest BCUT2D eigenvalue weighted by molar-refractivity contribution is 6.17. The van der Waals surface area contributed by atoms with Crippen LogP contribution in [0.2, 0.25) is 0 Å². The van der Waals surface area contributed by atoms with Crippen LogP contribution in [0.25, 0.3) is 6.08 Å². The number of pyridine rings is 1. The van der Waals surface area contributed by atoms with Crippen LogP contribution in [-0.2, 0) is 0 Å². The molecule has 0 saturated heterocycles. The largest absolute Gasteiger partial charge is 0.480 e. The molecule has 2 N–H and O–H groups in total. The Kier molecular flexibility index (Phi) is 4.26. The zero-order valence-electron chi connectivity index (χ0n) is 8.03. The molecule has 3 nitrogen and oxygen atoms in total. The third-order valence-corrected chi connectivity index (χ3v) is 1.90. The fourth-order valence-electron chi connectivity index (χ4n) is 1.03. The molecule has 1 heterocycles. The fourth-order valence-corrected chi connectivity index (χ4v) is 1.16. The predicted octanol–water partition coefficient (Wildman–Crippen LogP) is 2.31. The summed E-state index contributed by atoms with van der Waals surface area (Å²) in [5.74, 6) is 1.08. The summed E-state index contributed by atoms with van der Waals surface area (Å²) < 4.78 is 4.94. The molecule has 4 heteroatoms. The summed E-state index contributed by atoms with van der Waals surface area (Å²) in [4.78, 5) is 4.04. The molecule has 0 unspecified atom stereocenters. The van der Waals surface area contributed by atoms with E-state index in [1.807, 2.05) is 18.2 Å². The van der Waals surface area contributed by atoms with E-state index in [-0.39, 0.29) is 0 Å². The van der Waals surface area contributed by atoms with Crippen molar-refractivity contribution in [3.8, 4) is 5.88 Å². The molecule has 0 atom stereocenters. The number of aromatic nitrogens is 1. The molecule has 0 fully saturated rings. The number of methoxy groups -OCH3 is 1. The van der Waals surface area contributed by atoms with Crippen LogP contribution in [-0.4, -0.2) is 18.0 Å². The highest BCUT2D eigenvalue weighted by Crippen LogP contribution is 2.18. The Morgan fingerprint density at radius 2 is 2.43 bits per heavy atom. The van der Waals surface area contributed by atoms with E-state index in [2.05, 4.69) is 4.98 Å². The summed E-state index contributed by atoms with van der Waals surface area (Å²) in [5.41, 5.74) is 7.18. The number of alkyl halides is 1. The third-order valence-electron chi connectivity index (χ3n) is 1.68. The molecule has 76 valence electrons. The molecular formula is C10H13ClN2O. The maximum absolute atomic E-state index is 5.69. The standard InChI is InChI=1S/C10H13ClN2O/c1-14-10-9(12)6-8(7-13-10)4-2-3-5-11/h2,4,6-7H,3,5,12H2,1H3. The first-order valence-electron chi connectivity index (χ1n) is 4.30. The molecule has 14 heavy (non-hydrogen) atoms. The van der Waals surface area contributed by atoms with Gasteiger partial charge < -0.3 is 10.5 Å². The lowest BCUT2D eigenvalue weighted by atomic mass is 10.2. The third kappa shape index (κ3) is 2.92. The van der Waals surface area contributed by atoms with Gasteiger partial charge in [0.1, 0.15) is 0 Å². The highest BCUT2D eigenvalue weighted by Gasteiger charge is 1.99. The monoisotopic (exact) mass is 212 g/mol. The number of allylic oxidation sites excluding steroid dienone is 1. The number of nitrogen functional groups attached to an aromatic ring is 1. The topological polar surface area (TPSA) is 48.1 Å². The van der Waals surface area contributed by atoms with Crippen molar-refractivity contribution in [2.45, 2.75) is 6.42 Å². The van der Waals surface area contributed by atoms with Crippen molar-refractivity contribution in [3.63, 3.8) is 0 Å². The Hall–Kier alpha value is -1.22. The van der Waals surface area contributed by atoms with Crippen molar-refractivity contribution in [2.24, 2.45) is 0 Å². The Bertz CT molecular complexity index is 326. The van der Waals surface area contributed by atoms with Gasteiger partial charge in [-0.25, -0.2) is 4.98 Å². The van der Waals surface area contributed by atoms with Crippen LogP contribution < -0.4 is 10.5 Å². The number of hydrogen-bond donors (Lipinski definition) is 1. The molecule has 0 saturated carbocycles. The van der Waals surface area contributed by atoms with Crippen molar-refractivity contribution in [1.82, 2.24) is 4.98 Å². The fraction of sp³-hybridized carbons (Fsp3) is 0.300. The van der Waals surface area contributed by atoms with Crippen LogP contribution in [0.5, 0.6) is 5.88 Å². The van der Waals surface area contributed by atoms with E-state index in [9.17, 15) is 0 Å². The maximum atomic E-state index is 5.69. The van der Waals surface area contributed by atoms with Gasteiger partial charge >= 0.3 is 0 Å². The SMILES string of the molecule is COc1ncc(C=CCCCl)cc1N. The Labute approximate surface area is 88.5 Å². The molecule has 1 rings (SSSR count). The van der Waals surface area contributed by atoms with Gasteiger partial charge in [-0.05, 0) is 18.1 Å². The molecule has 0 aliphatic heterocycles. The van der Waals surface area contributed by atoms with Gasteiger partial charge in [0.05, 0.1) is 12.8 Å². The van der Waals surface area contributed by atoms with E-state index < -0.39 is 0 Å². The highest BCUT2D eigenvalue weighted by atomic mass is 35.5. The second kappa shape index (κ2) is 5.50. The summed E-state index contributed by atoms with van der Waals surface area (Å²) in [6.45, 7) is 0. The normalized spacial score (nSPS) is 10.7. The van der Waals surface area contributed by atoms with Crippen LogP contribution >= 0.6 is 11.6 Å². The zero-order chi connectivity index (χ0) is 10.4. The van der Waals surface area contributed by atoms with Crippen molar-refractivity contribution < 1.29 is 4.74 Å².